The molecule has 1 aromatic heterocycles. The van der Waals surface area contributed by atoms with Gasteiger partial charge in [-0.25, -0.2) is 4.98 Å². The van der Waals surface area contributed by atoms with Crippen molar-refractivity contribution in [1.82, 2.24) is 4.98 Å². The number of anilines is 1. The van der Waals surface area contributed by atoms with Gasteiger partial charge < -0.3 is 10.4 Å². The fourth-order valence-electron chi connectivity index (χ4n) is 1.88. The van der Waals surface area contributed by atoms with Crippen LogP contribution >= 0.6 is 0 Å². The van der Waals surface area contributed by atoms with Crippen molar-refractivity contribution in [1.29, 1.82) is 0 Å². The molecule has 0 fully saturated rings. The van der Waals surface area contributed by atoms with Crippen LogP contribution in [-0.2, 0) is 0 Å². The number of hydrogen-bond donors (Lipinski definition) is 2. The number of hydrogen-bond acceptors (Lipinski definition) is 7. The van der Waals surface area contributed by atoms with Crippen molar-refractivity contribution in [2.45, 2.75) is 6.92 Å². The van der Waals surface area contributed by atoms with Crippen molar-refractivity contribution in [3.05, 3.63) is 61.8 Å². The van der Waals surface area contributed by atoms with E-state index in [0.717, 1.165) is 12.3 Å². The minimum Gasteiger partial charge on any atom is -0.504 e. The number of amides is 1. The second-order valence-electron chi connectivity index (χ2n) is 4.48. The van der Waals surface area contributed by atoms with E-state index in [1.54, 1.807) is 0 Å². The summed E-state index contributed by atoms with van der Waals surface area (Å²) in [6.45, 7) is 1.41. The Labute approximate surface area is 128 Å². The van der Waals surface area contributed by atoms with E-state index in [1.165, 1.54) is 25.1 Å². The van der Waals surface area contributed by atoms with Crippen molar-refractivity contribution < 1.29 is 19.7 Å². The Morgan fingerprint density at radius 2 is 1.96 bits per heavy atom. The highest BCUT2D eigenvalue weighted by molar-refractivity contribution is 6.06. The van der Waals surface area contributed by atoms with E-state index < -0.39 is 27.2 Å². The molecule has 118 valence electrons. The van der Waals surface area contributed by atoms with E-state index in [-0.39, 0.29) is 22.6 Å². The molecule has 0 atom stereocenters. The maximum Gasteiger partial charge on any atom is 0.291 e. The molecule has 0 saturated heterocycles. The first kappa shape index (κ1) is 15.8. The van der Waals surface area contributed by atoms with Gasteiger partial charge in [-0.3, -0.25) is 25.0 Å². The molecule has 0 saturated carbocycles. The number of aromatic nitrogens is 1. The third-order valence-electron chi connectivity index (χ3n) is 3.04. The van der Waals surface area contributed by atoms with Crippen LogP contribution in [0.1, 0.15) is 15.9 Å². The van der Waals surface area contributed by atoms with Gasteiger partial charge in [0.1, 0.15) is 6.20 Å². The van der Waals surface area contributed by atoms with Crippen molar-refractivity contribution in [3.63, 3.8) is 0 Å². The average Bonchev–Trinajstić information content (AvgIpc) is 2.48. The van der Waals surface area contributed by atoms with E-state index in [0.29, 0.717) is 0 Å². The smallest absolute Gasteiger partial charge is 0.291 e. The quantitative estimate of drug-likeness (QED) is 0.648. The van der Waals surface area contributed by atoms with E-state index in [2.05, 4.69) is 10.3 Å². The summed E-state index contributed by atoms with van der Waals surface area (Å²) in [5, 5.41) is 33.3. The lowest BCUT2D eigenvalue weighted by atomic mass is 10.1. The van der Waals surface area contributed by atoms with Crippen LogP contribution in [0.3, 0.4) is 0 Å². The minimum atomic E-state index is -0.747. The molecule has 1 aromatic carbocycles. The Bertz CT molecular complexity index is 820. The molecule has 2 rings (SSSR count). The lowest BCUT2D eigenvalue weighted by Gasteiger charge is -2.08. The van der Waals surface area contributed by atoms with Crippen LogP contribution < -0.4 is 5.32 Å². The lowest BCUT2D eigenvalue weighted by Crippen LogP contribution is -2.15. The molecule has 10 nitrogen and oxygen atoms in total. The molecule has 1 heterocycles. The van der Waals surface area contributed by atoms with Gasteiger partial charge in [0, 0.05) is 17.2 Å². The van der Waals surface area contributed by atoms with Gasteiger partial charge in [-0.2, -0.15) is 0 Å². The first-order valence-corrected chi connectivity index (χ1v) is 6.20. The SMILES string of the molecule is Cc1c(C(=O)Nc2ncc([N+](=O)[O-])cc2O)cccc1[N+](=O)[O-]. The van der Waals surface area contributed by atoms with Crippen molar-refractivity contribution >= 4 is 23.1 Å². The molecule has 0 radical (unpaired) electrons. The Morgan fingerprint density at radius 1 is 1.26 bits per heavy atom. The van der Waals surface area contributed by atoms with Gasteiger partial charge >= 0.3 is 0 Å². The van der Waals surface area contributed by atoms with Crippen LogP contribution in [0.25, 0.3) is 0 Å². The zero-order valence-electron chi connectivity index (χ0n) is 11.7. The normalized spacial score (nSPS) is 10.1. The number of nitro groups is 2. The monoisotopic (exact) mass is 318 g/mol. The summed E-state index contributed by atoms with van der Waals surface area (Å²) >= 11 is 0. The third kappa shape index (κ3) is 3.20. The highest BCUT2D eigenvalue weighted by Crippen LogP contribution is 2.27. The Hall–Kier alpha value is -3.56. The summed E-state index contributed by atoms with van der Waals surface area (Å²) in [5.74, 6) is -1.61. The van der Waals surface area contributed by atoms with Crippen LogP contribution in [0.2, 0.25) is 0 Å². The number of benzene rings is 1. The number of carbonyl (C=O) groups is 1. The van der Waals surface area contributed by atoms with Crippen LogP contribution in [0.4, 0.5) is 17.2 Å². The lowest BCUT2D eigenvalue weighted by molar-refractivity contribution is -0.385. The molecule has 2 aromatic rings. The maximum absolute atomic E-state index is 12.2. The van der Waals surface area contributed by atoms with Gasteiger partial charge in [-0.1, -0.05) is 6.07 Å². The van der Waals surface area contributed by atoms with Gasteiger partial charge in [-0.15, -0.1) is 0 Å². The van der Waals surface area contributed by atoms with Gasteiger partial charge in [0.05, 0.1) is 15.9 Å². The number of nitro benzene ring substituents is 1. The highest BCUT2D eigenvalue weighted by Gasteiger charge is 2.20. The molecule has 0 unspecified atom stereocenters. The highest BCUT2D eigenvalue weighted by atomic mass is 16.6. The molecule has 2 N–H and O–H groups in total. The van der Waals surface area contributed by atoms with E-state index >= 15 is 0 Å². The molecule has 10 heteroatoms. The van der Waals surface area contributed by atoms with Crippen LogP contribution in [0, 0.1) is 27.2 Å². The number of pyridine rings is 1. The van der Waals surface area contributed by atoms with Gasteiger partial charge in [0.2, 0.25) is 0 Å². The maximum atomic E-state index is 12.2. The number of carbonyl (C=O) groups excluding carboxylic acids is 1. The Balaban J connectivity index is 2.31. The average molecular weight is 318 g/mol. The second kappa shape index (κ2) is 6.05. The van der Waals surface area contributed by atoms with E-state index in [9.17, 15) is 30.1 Å². The second-order valence-corrected chi connectivity index (χ2v) is 4.48. The fourth-order valence-corrected chi connectivity index (χ4v) is 1.88. The molecule has 23 heavy (non-hydrogen) atoms. The van der Waals surface area contributed by atoms with Gasteiger partial charge in [0.15, 0.2) is 11.6 Å². The topological polar surface area (TPSA) is 148 Å². The largest absolute Gasteiger partial charge is 0.504 e. The molecule has 0 spiro atoms. The molecule has 0 aliphatic carbocycles. The van der Waals surface area contributed by atoms with Crippen LogP contribution in [-0.4, -0.2) is 25.8 Å². The van der Waals surface area contributed by atoms with E-state index in [4.69, 9.17) is 0 Å². The van der Waals surface area contributed by atoms with Crippen molar-refractivity contribution in [2.75, 3.05) is 5.32 Å². The molecular weight excluding hydrogens is 308 g/mol. The standard InChI is InChI=1S/C13H10N4O6/c1-7-9(3-2-4-10(7)17(22)23)13(19)15-12-11(18)5-8(6-14-12)16(20)21/h2-6,18H,1H3,(H,14,15,19). The number of rotatable bonds is 4. The molecule has 0 aliphatic heterocycles. The predicted octanol–water partition coefficient (Wildman–Crippen LogP) is 2.16. The summed E-state index contributed by atoms with van der Waals surface area (Å²) in [6.07, 6.45) is 0.871. The Morgan fingerprint density at radius 3 is 2.52 bits per heavy atom. The van der Waals surface area contributed by atoms with Crippen molar-refractivity contribution in [3.8, 4) is 5.75 Å². The van der Waals surface area contributed by atoms with E-state index in [1.807, 2.05) is 0 Å². The zero-order valence-corrected chi connectivity index (χ0v) is 11.7. The number of nitrogens with one attached hydrogen (secondary N) is 1. The summed E-state index contributed by atoms with van der Waals surface area (Å²) in [6, 6.07) is 4.82. The molecule has 0 bridgehead atoms. The number of aromatic hydroxyl groups is 1. The first-order chi connectivity index (χ1) is 10.8. The Kier molecular flexibility index (Phi) is 4.16. The summed E-state index contributed by atoms with van der Waals surface area (Å²) in [7, 11) is 0. The molecule has 0 aliphatic rings. The predicted molar refractivity (Wildman–Crippen MR) is 78.3 cm³/mol. The molecular formula is C13H10N4O6. The summed E-state index contributed by atoms with van der Waals surface area (Å²) < 4.78 is 0. The summed E-state index contributed by atoms with van der Waals surface area (Å²) in [5.41, 5.74) is -0.485. The summed E-state index contributed by atoms with van der Waals surface area (Å²) in [4.78, 5) is 35.8. The third-order valence-corrected chi connectivity index (χ3v) is 3.04. The minimum absolute atomic E-state index is 0.0266. The zero-order chi connectivity index (χ0) is 17.1. The van der Waals surface area contributed by atoms with Crippen LogP contribution in [0.15, 0.2) is 30.5 Å². The van der Waals surface area contributed by atoms with Crippen LogP contribution in [0.5, 0.6) is 5.75 Å². The first-order valence-electron chi connectivity index (χ1n) is 6.20. The fraction of sp³-hybridized carbons (Fsp3) is 0.0769. The number of nitrogens with zero attached hydrogens (tertiary/aromatic N) is 3. The van der Waals surface area contributed by atoms with Gasteiger partial charge in [-0.05, 0) is 13.0 Å². The van der Waals surface area contributed by atoms with Gasteiger partial charge in [0.25, 0.3) is 17.3 Å². The van der Waals surface area contributed by atoms with Crippen molar-refractivity contribution in [2.24, 2.45) is 0 Å². The molecule has 1 amide bonds.